The van der Waals surface area contributed by atoms with Gasteiger partial charge in [0.05, 0.1) is 25.4 Å². The van der Waals surface area contributed by atoms with Gasteiger partial charge in [0, 0.05) is 12.8 Å². The lowest BCUT2D eigenvalue weighted by molar-refractivity contribution is -0.143. The van der Waals surface area contributed by atoms with Crippen LogP contribution in [0.5, 0.6) is 0 Å². The maximum absolute atomic E-state index is 12.4. The molecule has 6 heteroatoms. The number of amides is 1. The molecule has 6 nitrogen and oxygen atoms in total. The Kier molecular flexibility index (Phi) is 49.1. The van der Waals surface area contributed by atoms with Gasteiger partial charge in [-0.05, 0) is 51.4 Å². The van der Waals surface area contributed by atoms with Gasteiger partial charge in [-0.1, -0.05) is 244 Å². The monoisotopic (exact) mass is 848 g/mol. The van der Waals surface area contributed by atoms with E-state index >= 15 is 0 Å². The van der Waals surface area contributed by atoms with E-state index in [4.69, 9.17) is 4.74 Å². The highest BCUT2D eigenvalue weighted by molar-refractivity contribution is 5.76. The molecule has 0 fully saturated rings. The van der Waals surface area contributed by atoms with Crippen LogP contribution in [0.3, 0.4) is 0 Å². The molecule has 0 bridgehead atoms. The zero-order valence-corrected chi connectivity index (χ0v) is 40.5. The molecule has 0 saturated heterocycles. The second-order valence-electron chi connectivity index (χ2n) is 18.6. The maximum atomic E-state index is 12.4. The minimum atomic E-state index is -0.671. The Morgan fingerprint density at radius 2 is 0.783 bits per heavy atom. The van der Waals surface area contributed by atoms with E-state index in [-0.39, 0.29) is 18.5 Å². The number of ether oxygens (including phenoxy) is 1. The van der Waals surface area contributed by atoms with Gasteiger partial charge in [-0.2, -0.15) is 0 Å². The molecule has 60 heavy (non-hydrogen) atoms. The van der Waals surface area contributed by atoms with Gasteiger partial charge in [0.25, 0.3) is 0 Å². The lowest BCUT2D eigenvalue weighted by Gasteiger charge is -2.22. The third-order valence-electron chi connectivity index (χ3n) is 12.6. The van der Waals surface area contributed by atoms with Gasteiger partial charge in [-0.3, -0.25) is 9.59 Å². The summed E-state index contributed by atoms with van der Waals surface area (Å²) in [5.41, 5.74) is 0. The number of rotatable bonds is 50. The molecule has 1 amide bonds. The first-order valence-electron chi connectivity index (χ1n) is 26.9. The first-order chi connectivity index (χ1) is 29.5. The van der Waals surface area contributed by atoms with Crippen LogP contribution in [0.2, 0.25) is 0 Å². The van der Waals surface area contributed by atoms with Crippen molar-refractivity contribution >= 4 is 11.9 Å². The van der Waals surface area contributed by atoms with E-state index in [0.717, 1.165) is 51.4 Å². The predicted molar refractivity (Wildman–Crippen MR) is 260 cm³/mol. The highest BCUT2D eigenvalue weighted by Gasteiger charge is 2.20. The van der Waals surface area contributed by atoms with Crippen molar-refractivity contribution in [3.05, 3.63) is 12.2 Å². The average Bonchev–Trinajstić information content (AvgIpc) is 3.25. The molecule has 0 aliphatic rings. The van der Waals surface area contributed by atoms with Gasteiger partial charge in [0.1, 0.15) is 0 Å². The second kappa shape index (κ2) is 50.2. The third kappa shape index (κ3) is 46.1. The molecule has 356 valence electrons. The van der Waals surface area contributed by atoms with E-state index in [0.29, 0.717) is 25.9 Å². The van der Waals surface area contributed by atoms with E-state index < -0.39 is 12.1 Å². The van der Waals surface area contributed by atoms with Gasteiger partial charge < -0.3 is 20.3 Å². The lowest BCUT2D eigenvalue weighted by atomic mass is 10.0. The number of unbranched alkanes of at least 4 members (excludes halogenated alkanes) is 37. The summed E-state index contributed by atoms with van der Waals surface area (Å²) in [6.45, 7) is 4.93. The van der Waals surface area contributed by atoms with Gasteiger partial charge >= 0.3 is 5.97 Å². The molecule has 0 aromatic carbocycles. The fourth-order valence-corrected chi connectivity index (χ4v) is 8.40. The van der Waals surface area contributed by atoms with Crippen LogP contribution in [0, 0.1) is 0 Å². The number of nitrogens with one attached hydrogen (secondary N) is 1. The molecule has 0 spiro atoms. The van der Waals surface area contributed by atoms with E-state index in [2.05, 4.69) is 31.3 Å². The molecule has 0 saturated carbocycles. The minimum Gasteiger partial charge on any atom is -0.466 e. The highest BCUT2D eigenvalue weighted by atomic mass is 16.5. The van der Waals surface area contributed by atoms with E-state index in [1.54, 1.807) is 0 Å². The number of aliphatic hydroxyl groups is 2. The van der Waals surface area contributed by atoms with Crippen molar-refractivity contribution < 1.29 is 24.5 Å². The van der Waals surface area contributed by atoms with Gasteiger partial charge in [0.2, 0.25) is 5.91 Å². The maximum Gasteiger partial charge on any atom is 0.305 e. The molecule has 0 aromatic rings. The molecule has 0 rings (SSSR count). The standard InChI is InChI=1S/C54H105NO5/c1-3-5-7-9-11-13-15-17-18-19-20-24-28-32-36-40-44-48-54(59)60-49-45-41-37-33-29-25-21-23-27-31-35-39-43-47-53(58)55-51(50-56)52(57)46-42-38-34-30-26-22-16-14-12-10-8-6-4-2/h17-18,51-52,56-57H,3-16,19-50H2,1-2H3,(H,55,58)/b18-17-. The highest BCUT2D eigenvalue weighted by Crippen LogP contribution is 2.17. The SMILES string of the molecule is CCCCCCCC/C=C\CCCCCCCCCC(=O)OCCCCCCCCCCCCCCCC(=O)NC(CO)C(O)CCCCCCCCCCCCCCC. The van der Waals surface area contributed by atoms with Crippen molar-refractivity contribution in [1.82, 2.24) is 5.32 Å². The summed E-state index contributed by atoms with van der Waals surface area (Å²) in [6.07, 6.45) is 57.5. The largest absolute Gasteiger partial charge is 0.466 e. The fraction of sp³-hybridized carbons (Fsp3) is 0.926. The van der Waals surface area contributed by atoms with Gasteiger partial charge in [0.15, 0.2) is 0 Å². The van der Waals surface area contributed by atoms with Crippen molar-refractivity contribution in [3.63, 3.8) is 0 Å². The van der Waals surface area contributed by atoms with Crippen LogP contribution in [-0.4, -0.2) is 47.4 Å². The molecule has 3 N–H and O–H groups in total. The Labute approximate surface area is 374 Å². The summed E-state index contributed by atoms with van der Waals surface area (Å²) in [7, 11) is 0. The summed E-state index contributed by atoms with van der Waals surface area (Å²) in [4.78, 5) is 24.5. The Hall–Kier alpha value is -1.40. The number of carbonyl (C=O) groups is 2. The predicted octanol–water partition coefficient (Wildman–Crippen LogP) is 16.1. The molecule has 0 heterocycles. The number of allylic oxidation sites excluding steroid dienone is 2. The van der Waals surface area contributed by atoms with Crippen LogP contribution in [0.4, 0.5) is 0 Å². The first kappa shape index (κ1) is 58.6. The first-order valence-corrected chi connectivity index (χ1v) is 26.9. The molecule has 0 aromatic heterocycles. The Bertz CT molecular complexity index is 893. The summed E-state index contributed by atoms with van der Waals surface area (Å²) in [5.74, 6) is -0.0556. The molecular formula is C54H105NO5. The lowest BCUT2D eigenvalue weighted by Crippen LogP contribution is -2.45. The summed E-state index contributed by atoms with van der Waals surface area (Å²) in [5, 5.41) is 23.2. The van der Waals surface area contributed by atoms with Gasteiger partial charge in [-0.15, -0.1) is 0 Å². The van der Waals surface area contributed by atoms with Crippen molar-refractivity contribution in [1.29, 1.82) is 0 Å². The van der Waals surface area contributed by atoms with Crippen LogP contribution < -0.4 is 5.32 Å². The van der Waals surface area contributed by atoms with E-state index in [1.165, 1.54) is 212 Å². The summed E-state index contributed by atoms with van der Waals surface area (Å²) < 4.78 is 5.47. The van der Waals surface area contributed by atoms with Crippen LogP contribution in [0.25, 0.3) is 0 Å². The van der Waals surface area contributed by atoms with Crippen molar-refractivity contribution in [2.45, 2.75) is 309 Å². The number of carbonyl (C=O) groups excluding carboxylic acids is 2. The molecule has 0 aliphatic carbocycles. The molecule has 2 unspecified atom stereocenters. The van der Waals surface area contributed by atoms with Crippen molar-refractivity contribution in [2.24, 2.45) is 0 Å². The smallest absolute Gasteiger partial charge is 0.305 e. The average molecular weight is 848 g/mol. The second-order valence-corrected chi connectivity index (χ2v) is 18.6. The molecular weight excluding hydrogens is 743 g/mol. The minimum absolute atomic E-state index is 0.00842. The molecule has 0 aliphatic heterocycles. The van der Waals surface area contributed by atoms with Gasteiger partial charge in [-0.25, -0.2) is 0 Å². The van der Waals surface area contributed by atoms with Crippen molar-refractivity contribution in [2.75, 3.05) is 13.2 Å². The van der Waals surface area contributed by atoms with E-state index in [1.807, 2.05) is 0 Å². The molecule has 2 atom stereocenters. The summed E-state index contributed by atoms with van der Waals surface area (Å²) in [6, 6.07) is -0.550. The van der Waals surface area contributed by atoms with E-state index in [9.17, 15) is 19.8 Å². The van der Waals surface area contributed by atoms with Crippen LogP contribution in [-0.2, 0) is 14.3 Å². The van der Waals surface area contributed by atoms with Crippen LogP contribution in [0.1, 0.15) is 296 Å². The Morgan fingerprint density at radius 3 is 1.18 bits per heavy atom. The van der Waals surface area contributed by atoms with Crippen LogP contribution in [0.15, 0.2) is 12.2 Å². The number of aliphatic hydroxyl groups excluding tert-OH is 2. The normalized spacial score (nSPS) is 12.7. The topological polar surface area (TPSA) is 95.9 Å². The third-order valence-corrected chi connectivity index (χ3v) is 12.6. The molecule has 0 radical (unpaired) electrons. The Morgan fingerprint density at radius 1 is 0.450 bits per heavy atom. The zero-order valence-electron chi connectivity index (χ0n) is 40.5. The Balaban J connectivity index is 3.43. The quantitative estimate of drug-likeness (QED) is 0.0322. The number of esters is 1. The number of hydrogen-bond donors (Lipinski definition) is 3. The zero-order chi connectivity index (χ0) is 43.7. The summed E-state index contributed by atoms with van der Waals surface area (Å²) >= 11 is 0. The van der Waals surface area contributed by atoms with Crippen LogP contribution >= 0.6 is 0 Å². The van der Waals surface area contributed by atoms with Crippen molar-refractivity contribution in [3.8, 4) is 0 Å². The fourth-order valence-electron chi connectivity index (χ4n) is 8.40. The number of hydrogen-bond acceptors (Lipinski definition) is 5.